The number of hydrogen-bond donors (Lipinski definition) is 2. The topological polar surface area (TPSA) is 63.8 Å². The zero-order valence-electron chi connectivity index (χ0n) is 8.93. The minimum atomic E-state index is 0.534. The zero-order chi connectivity index (χ0) is 11.2. The van der Waals surface area contributed by atoms with E-state index in [1.54, 1.807) is 12.3 Å². The lowest BCUT2D eigenvalue weighted by atomic mass is 10.2. The van der Waals surface area contributed by atoms with Gasteiger partial charge in [-0.05, 0) is 30.2 Å². The number of aromatic nitrogens is 2. The molecular weight excluding hydrogens is 200 g/mol. The smallest absolute Gasteiger partial charge is 0.128 e. The summed E-state index contributed by atoms with van der Waals surface area (Å²) >= 11 is 0. The van der Waals surface area contributed by atoms with Gasteiger partial charge < -0.3 is 11.1 Å². The van der Waals surface area contributed by atoms with Crippen molar-refractivity contribution in [3.8, 4) is 0 Å². The van der Waals surface area contributed by atoms with Crippen molar-refractivity contribution in [1.29, 1.82) is 0 Å². The molecule has 0 saturated heterocycles. The third-order valence-corrected chi connectivity index (χ3v) is 2.21. The Morgan fingerprint density at radius 3 is 2.88 bits per heavy atom. The number of nitrogens with one attached hydrogen (secondary N) is 1. The van der Waals surface area contributed by atoms with Gasteiger partial charge in [-0.25, -0.2) is 4.98 Å². The highest BCUT2D eigenvalue weighted by Gasteiger charge is 1.95. The predicted octanol–water partition coefficient (Wildman–Crippen LogP) is 1.71. The van der Waals surface area contributed by atoms with E-state index >= 15 is 0 Å². The summed E-state index contributed by atoms with van der Waals surface area (Å²) in [6.45, 7) is 0.822. The van der Waals surface area contributed by atoms with E-state index in [1.165, 1.54) is 5.56 Å². The van der Waals surface area contributed by atoms with E-state index in [0.29, 0.717) is 5.82 Å². The first-order valence-electron chi connectivity index (χ1n) is 5.20. The fourth-order valence-electron chi connectivity index (χ4n) is 1.43. The average molecular weight is 214 g/mol. The summed E-state index contributed by atoms with van der Waals surface area (Å²) in [5, 5.41) is 3.22. The molecule has 0 amide bonds. The molecule has 4 nitrogen and oxygen atoms in total. The zero-order valence-corrected chi connectivity index (χ0v) is 8.93. The van der Waals surface area contributed by atoms with Gasteiger partial charge in [0.05, 0.1) is 0 Å². The van der Waals surface area contributed by atoms with E-state index in [0.717, 1.165) is 18.8 Å². The van der Waals surface area contributed by atoms with E-state index in [1.807, 2.05) is 24.4 Å². The maximum absolute atomic E-state index is 5.58. The van der Waals surface area contributed by atoms with Crippen LogP contribution in [0.25, 0.3) is 0 Å². The first kappa shape index (κ1) is 10.4. The third kappa shape index (κ3) is 2.95. The maximum Gasteiger partial charge on any atom is 0.128 e. The second kappa shape index (κ2) is 5.11. The molecule has 0 saturated carbocycles. The summed E-state index contributed by atoms with van der Waals surface area (Å²) < 4.78 is 0. The minimum absolute atomic E-state index is 0.534. The van der Waals surface area contributed by atoms with Crippen LogP contribution in [0.2, 0.25) is 0 Å². The molecule has 0 bridgehead atoms. The quantitative estimate of drug-likeness (QED) is 0.813. The molecule has 0 unspecified atom stereocenters. The lowest BCUT2D eigenvalue weighted by molar-refractivity contribution is 0.995. The summed E-state index contributed by atoms with van der Waals surface area (Å²) in [4.78, 5) is 8.22. The Hall–Kier alpha value is -2.10. The second-order valence-electron chi connectivity index (χ2n) is 3.49. The Bertz CT molecular complexity index is 442. The molecular formula is C12H14N4. The first-order chi connectivity index (χ1) is 7.84. The summed E-state index contributed by atoms with van der Waals surface area (Å²) in [7, 11) is 0. The van der Waals surface area contributed by atoms with E-state index in [2.05, 4.69) is 21.4 Å². The number of pyridine rings is 2. The average Bonchev–Trinajstić information content (AvgIpc) is 2.30. The molecule has 0 aromatic carbocycles. The molecule has 0 aliphatic rings. The second-order valence-corrected chi connectivity index (χ2v) is 3.49. The molecule has 0 aliphatic heterocycles. The molecule has 0 radical (unpaired) electrons. The summed E-state index contributed by atoms with van der Waals surface area (Å²) in [5.74, 6) is 1.34. The predicted molar refractivity (Wildman–Crippen MR) is 65.1 cm³/mol. The number of anilines is 2. The van der Waals surface area contributed by atoms with Crippen LogP contribution in [0.3, 0.4) is 0 Å². The van der Waals surface area contributed by atoms with Crippen LogP contribution in [0.1, 0.15) is 5.56 Å². The van der Waals surface area contributed by atoms with Gasteiger partial charge in [0.25, 0.3) is 0 Å². The highest BCUT2D eigenvalue weighted by atomic mass is 15.0. The van der Waals surface area contributed by atoms with Crippen LogP contribution in [0.4, 0.5) is 11.6 Å². The van der Waals surface area contributed by atoms with Gasteiger partial charge in [0, 0.05) is 18.9 Å². The van der Waals surface area contributed by atoms with Crippen LogP contribution >= 0.6 is 0 Å². The monoisotopic (exact) mass is 214 g/mol. The van der Waals surface area contributed by atoms with Gasteiger partial charge in [-0.2, -0.15) is 0 Å². The molecule has 0 aliphatic carbocycles. The van der Waals surface area contributed by atoms with Crippen LogP contribution in [-0.4, -0.2) is 16.5 Å². The van der Waals surface area contributed by atoms with Crippen molar-refractivity contribution in [2.45, 2.75) is 6.42 Å². The van der Waals surface area contributed by atoms with Gasteiger partial charge in [-0.1, -0.05) is 12.1 Å². The Balaban J connectivity index is 1.85. The minimum Gasteiger partial charge on any atom is -0.384 e. The molecule has 0 fully saturated rings. The van der Waals surface area contributed by atoms with E-state index in [4.69, 9.17) is 5.73 Å². The SMILES string of the molecule is Nc1cccc(NCCc2cccnc2)n1. The standard InChI is InChI=1S/C12H14N4/c13-11-4-1-5-12(16-11)15-8-6-10-3-2-7-14-9-10/h1-5,7,9H,6,8H2,(H3,13,15,16). The maximum atomic E-state index is 5.58. The van der Waals surface area contributed by atoms with Crippen LogP contribution in [0.5, 0.6) is 0 Å². The highest BCUT2D eigenvalue weighted by molar-refractivity contribution is 5.42. The van der Waals surface area contributed by atoms with Crippen LogP contribution in [-0.2, 0) is 6.42 Å². The van der Waals surface area contributed by atoms with Gasteiger partial charge in [0.15, 0.2) is 0 Å². The number of nitrogens with two attached hydrogens (primary N) is 1. The Labute approximate surface area is 94.5 Å². The Kier molecular flexibility index (Phi) is 3.33. The Morgan fingerprint density at radius 1 is 1.19 bits per heavy atom. The van der Waals surface area contributed by atoms with Gasteiger partial charge in [0.1, 0.15) is 11.6 Å². The Morgan fingerprint density at radius 2 is 2.12 bits per heavy atom. The third-order valence-electron chi connectivity index (χ3n) is 2.21. The number of nitrogens with zero attached hydrogens (tertiary/aromatic N) is 2. The van der Waals surface area contributed by atoms with Gasteiger partial charge in [-0.15, -0.1) is 0 Å². The molecule has 2 aromatic heterocycles. The van der Waals surface area contributed by atoms with Gasteiger partial charge in [0.2, 0.25) is 0 Å². The fourth-order valence-corrected chi connectivity index (χ4v) is 1.43. The van der Waals surface area contributed by atoms with Crippen molar-refractivity contribution in [1.82, 2.24) is 9.97 Å². The molecule has 16 heavy (non-hydrogen) atoms. The summed E-state index contributed by atoms with van der Waals surface area (Å²) in [6, 6.07) is 9.55. The van der Waals surface area contributed by atoms with Crippen molar-refractivity contribution in [2.75, 3.05) is 17.6 Å². The van der Waals surface area contributed by atoms with Crippen LogP contribution in [0, 0.1) is 0 Å². The lowest BCUT2D eigenvalue weighted by Gasteiger charge is -2.05. The van der Waals surface area contributed by atoms with Crippen molar-refractivity contribution in [3.63, 3.8) is 0 Å². The molecule has 0 atom stereocenters. The highest BCUT2D eigenvalue weighted by Crippen LogP contribution is 2.06. The molecule has 82 valence electrons. The molecule has 2 heterocycles. The fraction of sp³-hybridized carbons (Fsp3) is 0.167. The summed E-state index contributed by atoms with van der Waals surface area (Å²) in [6.07, 6.45) is 4.56. The van der Waals surface area contributed by atoms with Crippen molar-refractivity contribution >= 4 is 11.6 Å². The van der Waals surface area contributed by atoms with Crippen LogP contribution < -0.4 is 11.1 Å². The summed E-state index contributed by atoms with van der Waals surface area (Å²) in [5.41, 5.74) is 6.79. The number of nitrogen functional groups attached to an aromatic ring is 1. The first-order valence-corrected chi connectivity index (χ1v) is 5.20. The van der Waals surface area contributed by atoms with Crippen molar-refractivity contribution in [3.05, 3.63) is 48.3 Å². The number of rotatable bonds is 4. The van der Waals surface area contributed by atoms with E-state index in [-0.39, 0.29) is 0 Å². The molecule has 0 spiro atoms. The molecule has 2 rings (SSSR count). The largest absolute Gasteiger partial charge is 0.384 e. The lowest BCUT2D eigenvalue weighted by Crippen LogP contribution is -2.07. The van der Waals surface area contributed by atoms with Crippen LogP contribution in [0.15, 0.2) is 42.7 Å². The molecule has 3 N–H and O–H groups in total. The van der Waals surface area contributed by atoms with Gasteiger partial charge in [-0.3, -0.25) is 4.98 Å². The van der Waals surface area contributed by atoms with Gasteiger partial charge >= 0.3 is 0 Å². The van der Waals surface area contributed by atoms with Crippen molar-refractivity contribution in [2.24, 2.45) is 0 Å². The normalized spacial score (nSPS) is 10.0. The van der Waals surface area contributed by atoms with Crippen molar-refractivity contribution < 1.29 is 0 Å². The molecule has 2 aromatic rings. The molecule has 4 heteroatoms. The van der Waals surface area contributed by atoms with E-state index < -0.39 is 0 Å². The van der Waals surface area contributed by atoms with E-state index in [9.17, 15) is 0 Å². The number of hydrogen-bond acceptors (Lipinski definition) is 4.